The smallest absolute Gasteiger partial charge is 0.145 e. The summed E-state index contributed by atoms with van der Waals surface area (Å²) in [6.07, 6.45) is 0. The fraction of sp³-hybridized carbons (Fsp3) is 0.300. The number of rotatable bonds is 3. The van der Waals surface area contributed by atoms with E-state index in [9.17, 15) is 4.39 Å². The summed E-state index contributed by atoms with van der Waals surface area (Å²) >= 11 is 5.48. The highest BCUT2D eigenvalue weighted by Gasteiger charge is 2.07. The molecule has 3 nitrogen and oxygen atoms in total. The molecular weight excluding hydrogens is 219 g/mol. The van der Waals surface area contributed by atoms with Gasteiger partial charge in [-0.3, -0.25) is 0 Å². The van der Waals surface area contributed by atoms with Gasteiger partial charge in [0.05, 0.1) is 13.0 Å². The first-order valence-corrected chi connectivity index (χ1v) is 4.85. The normalized spacial score (nSPS) is 11.6. The van der Waals surface area contributed by atoms with Crippen LogP contribution in [0.4, 0.5) is 10.1 Å². The molecule has 82 valence electrons. The Kier molecular flexibility index (Phi) is 3.91. The zero-order valence-electron chi connectivity index (χ0n) is 8.55. The van der Waals surface area contributed by atoms with Crippen molar-refractivity contribution in [3.8, 4) is 5.75 Å². The summed E-state index contributed by atoms with van der Waals surface area (Å²) in [7, 11) is 1.49. The predicted molar refractivity (Wildman–Crippen MR) is 59.7 cm³/mol. The summed E-state index contributed by atoms with van der Waals surface area (Å²) in [5.74, 6) is 0.440. The summed E-state index contributed by atoms with van der Waals surface area (Å²) in [6.45, 7) is 1.65. The number of hydrogen-bond donors (Lipinski definition) is 1. The lowest BCUT2D eigenvalue weighted by Gasteiger charge is -2.07. The molecular formula is C10H12ClFN2O. The van der Waals surface area contributed by atoms with Crippen LogP contribution in [0, 0.1) is 12.7 Å². The molecule has 1 aromatic carbocycles. The molecule has 0 atom stereocenters. The number of hydrogen-bond acceptors (Lipinski definition) is 2. The first kappa shape index (κ1) is 11.8. The number of nitrogens with two attached hydrogens (primary N) is 1. The highest BCUT2D eigenvalue weighted by Crippen LogP contribution is 2.30. The van der Waals surface area contributed by atoms with Gasteiger partial charge in [-0.1, -0.05) is 0 Å². The monoisotopic (exact) mass is 230 g/mol. The maximum Gasteiger partial charge on any atom is 0.145 e. The SMILES string of the molecule is COc1cc(C)c(F)cc1N=C(N)CCl. The molecule has 1 aromatic rings. The summed E-state index contributed by atoms with van der Waals surface area (Å²) in [4.78, 5) is 3.95. The van der Waals surface area contributed by atoms with Crippen molar-refractivity contribution < 1.29 is 9.13 Å². The summed E-state index contributed by atoms with van der Waals surface area (Å²) in [6, 6.07) is 2.84. The predicted octanol–water partition coefficient (Wildman–Crippen LogP) is 2.37. The number of aryl methyl sites for hydroxylation is 1. The minimum Gasteiger partial charge on any atom is -0.494 e. The van der Waals surface area contributed by atoms with Gasteiger partial charge in [0.1, 0.15) is 23.1 Å². The highest BCUT2D eigenvalue weighted by atomic mass is 35.5. The van der Waals surface area contributed by atoms with Crippen molar-refractivity contribution in [3.05, 3.63) is 23.5 Å². The van der Waals surface area contributed by atoms with Crippen LogP contribution in [0.25, 0.3) is 0 Å². The second-order valence-electron chi connectivity index (χ2n) is 3.01. The van der Waals surface area contributed by atoms with Gasteiger partial charge in [0.25, 0.3) is 0 Å². The lowest BCUT2D eigenvalue weighted by Crippen LogP contribution is -2.12. The van der Waals surface area contributed by atoms with Crippen LogP contribution in [-0.4, -0.2) is 18.8 Å². The quantitative estimate of drug-likeness (QED) is 0.492. The van der Waals surface area contributed by atoms with Crippen molar-refractivity contribution in [2.45, 2.75) is 6.92 Å². The molecule has 0 unspecified atom stereocenters. The molecule has 0 heterocycles. The van der Waals surface area contributed by atoms with Crippen LogP contribution in [0.2, 0.25) is 0 Å². The Morgan fingerprint density at radius 2 is 2.27 bits per heavy atom. The summed E-state index contributed by atoms with van der Waals surface area (Å²) in [5.41, 5.74) is 6.30. The van der Waals surface area contributed by atoms with Crippen molar-refractivity contribution in [1.82, 2.24) is 0 Å². The Bertz CT molecular complexity index is 393. The molecule has 0 aromatic heterocycles. The van der Waals surface area contributed by atoms with E-state index < -0.39 is 0 Å². The molecule has 0 saturated carbocycles. The van der Waals surface area contributed by atoms with E-state index in [2.05, 4.69) is 4.99 Å². The molecule has 1 rings (SSSR count). The number of benzene rings is 1. The van der Waals surface area contributed by atoms with Gasteiger partial charge in [-0.25, -0.2) is 9.38 Å². The second kappa shape index (κ2) is 4.98. The number of amidine groups is 1. The van der Waals surface area contributed by atoms with E-state index in [0.717, 1.165) is 0 Å². The van der Waals surface area contributed by atoms with Gasteiger partial charge in [-0.15, -0.1) is 11.6 Å². The zero-order valence-corrected chi connectivity index (χ0v) is 9.31. The van der Waals surface area contributed by atoms with E-state index in [1.165, 1.54) is 13.2 Å². The van der Waals surface area contributed by atoms with Crippen LogP contribution in [0.5, 0.6) is 5.75 Å². The maximum absolute atomic E-state index is 13.3. The van der Waals surface area contributed by atoms with Gasteiger partial charge in [-0.2, -0.15) is 0 Å². The van der Waals surface area contributed by atoms with Crippen LogP contribution in [0.3, 0.4) is 0 Å². The summed E-state index contributed by atoms with van der Waals surface area (Å²) < 4.78 is 18.3. The molecule has 0 saturated heterocycles. The second-order valence-corrected chi connectivity index (χ2v) is 3.28. The number of nitrogens with zero attached hydrogens (tertiary/aromatic N) is 1. The van der Waals surface area contributed by atoms with Gasteiger partial charge in [0.2, 0.25) is 0 Å². The molecule has 0 aliphatic carbocycles. The van der Waals surface area contributed by atoms with Gasteiger partial charge in [0.15, 0.2) is 0 Å². The highest BCUT2D eigenvalue weighted by molar-refractivity contribution is 6.28. The average molecular weight is 231 g/mol. The zero-order chi connectivity index (χ0) is 11.4. The lowest BCUT2D eigenvalue weighted by atomic mass is 10.2. The number of halogens is 2. The van der Waals surface area contributed by atoms with Crippen LogP contribution in [-0.2, 0) is 0 Å². The van der Waals surface area contributed by atoms with E-state index in [4.69, 9.17) is 22.1 Å². The number of aliphatic imine (C=N–C) groups is 1. The first-order valence-electron chi connectivity index (χ1n) is 4.31. The van der Waals surface area contributed by atoms with Gasteiger partial charge in [0, 0.05) is 6.07 Å². The molecule has 0 aliphatic heterocycles. The van der Waals surface area contributed by atoms with Crippen molar-refractivity contribution in [1.29, 1.82) is 0 Å². The van der Waals surface area contributed by atoms with E-state index in [1.54, 1.807) is 13.0 Å². The molecule has 0 fully saturated rings. The van der Waals surface area contributed by atoms with Crippen molar-refractivity contribution in [3.63, 3.8) is 0 Å². The van der Waals surface area contributed by atoms with E-state index in [-0.39, 0.29) is 17.5 Å². The molecule has 0 radical (unpaired) electrons. The van der Waals surface area contributed by atoms with E-state index >= 15 is 0 Å². The lowest BCUT2D eigenvalue weighted by molar-refractivity contribution is 0.414. The third-order valence-corrected chi connectivity index (χ3v) is 2.13. The third-order valence-electron chi connectivity index (χ3n) is 1.86. The van der Waals surface area contributed by atoms with Gasteiger partial charge >= 0.3 is 0 Å². The molecule has 15 heavy (non-hydrogen) atoms. The van der Waals surface area contributed by atoms with Crippen LogP contribution < -0.4 is 10.5 Å². The minimum atomic E-state index is -0.350. The maximum atomic E-state index is 13.3. The largest absolute Gasteiger partial charge is 0.494 e. The van der Waals surface area contributed by atoms with Crippen molar-refractivity contribution in [2.24, 2.45) is 10.7 Å². The molecule has 0 bridgehead atoms. The van der Waals surface area contributed by atoms with E-state index in [1.807, 2.05) is 0 Å². The Balaban J connectivity index is 3.22. The fourth-order valence-electron chi connectivity index (χ4n) is 1.08. The molecule has 5 heteroatoms. The van der Waals surface area contributed by atoms with Gasteiger partial charge < -0.3 is 10.5 Å². The third kappa shape index (κ3) is 2.83. The standard InChI is InChI=1S/C10H12ClFN2O/c1-6-3-9(15-2)8(4-7(6)12)14-10(13)5-11/h3-4H,5H2,1-2H3,(H2,13,14). The minimum absolute atomic E-state index is 0.0959. The Labute approximate surface area is 92.7 Å². The average Bonchev–Trinajstić information content (AvgIpc) is 2.22. The van der Waals surface area contributed by atoms with Crippen LogP contribution >= 0.6 is 11.6 Å². The Morgan fingerprint density at radius 1 is 1.60 bits per heavy atom. The van der Waals surface area contributed by atoms with Crippen molar-refractivity contribution in [2.75, 3.05) is 13.0 Å². The van der Waals surface area contributed by atoms with Gasteiger partial charge in [-0.05, 0) is 18.6 Å². The number of alkyl halides is 1. The number of ether oxygens (including phenoxy) is 1. The molecule has 2 N–H and O–H groups in total. The number of methoxy groups -OCH3 is 1. The van der Waals surface area contributed by atoms with Crippen LogP contribution in [0.1, 0.15) is 5.56 Å². The van der Waals surface area contributed by atoms with E-state index in [0.29, 0.717) is 17.0 Å². The van der Waals surface area contributed by atoms with Crippen molar-refractivity contribution >= 4 is 23.1 Å². The Morgan fingerprint density at radius 3 is 2.80 bits per heavy atom. The van der Waals surface area contributed by atoms with Crippen LogP contribution in [0.15, 0.2) is 17.1 Å². The summed E-state index contributed by atoms with van der Waals surface area (Å²) in [5, 5.41) is 0. The first-order chi connectivity index (χ1) is 7.08. The molecule has 0 aliphatic rings. The molecule has 0 amide bonds. The topological polar surface area (TPSA) is 47.6 Å². The fourth-order valence-corrected chi connectivity index (χ4v) is 1.14. The Hall–Kier alpha value is -1.29. The molecule has 0 spiro atoms.